The van der Waals surface area contributed by atoms with Gasteiger partial charge < -0.3 is 24.8 Å². The summed E-state index contributed by atoms with van der Waals surface area (Å²) in [5, 5.41) is 17.0. The van der Waals surface area contributed by atoms with E-state index in [1.807, 2.05) is 13.8 Å². The Morgan fingerprint density at radius 1 is 1.07 bits per heavy atom. The summed E-state index contributed by atoms with van der Waals surface area (Å²) in [4.78, 5) is 11.6. The molecule has 0 heterocycles. The highest BCUT2D eigenvalue weighted by Crippen LogP contribution is 2.16. The maximum Gasteiger partial charge on any atom is 0.223 e. The van der Waals surface area contributed by atoms with Gasteiger partial charge in [-0.15, -0.1) is 0 Å². The minimum atomic E-state index is -0.127. The fourth-order valence-electron chi connectivity index (χ4n) is 2.11. The number of nitrogens with one attached hydrogen (secondary N) is 2. The van der Waals surface area contributed by atoms with Crippen LogP contribution in [0.5, 0.6) is 0 Å². The molecule has 8 heteroatoms. The fourth-order valence-corrected chi connectivity index (χ4v) is 2.67. The lowest BCUT2D eigenvalue weighted by atomic mass is 10.2. The molecule has 1 amide bonds. The van der Waals surface area contributed by atoms with Gasteiger partial charge in [0.05, 0.1) is 39.6 Å². The second-order valence-electron chi connectivity index (χ2n) is 6.99. The van der Waals surface area contributed by atoms with Crippen LogP contribution in [0.1, 0.15) is 47.0 Å². The average Bonchev–Trinajstić information content (AvgIpc) is 2.66. The molecule has 0 aliphatic heterocycles. The van der Waals surface area contributed by atoms with Gasteiger partial charge in [-0.05, 0) is 31.1 Å². The molecule has 0 radical (unpaired) electrons. The molecule has 0 aliphatic carbocycles. The molecule has 0 saturated heterocycles. The molecule has 0 fully saturated rings. The van der Waals surface area contributed by atoms with Crippen LogP contribution in [0.4, 0.5) is 0 Å². The summed E-state index contributed by atoms with van der Waals surface area (Å²) in [6.07, 6.45) is 2.10. The van der Waals surface area contributed by atoms with Crippen molar-refractivity contribution in [3.05, 3.63) is 0 Å². The number of nitriles is 1. The summed E-state index contributed by atoms with van der Waals surface area (Å²) < 4.78 is 16.5. The molecule has 166 valence electrons. The van der Waals surface area contributed by atoms with Crippen LogP contribution in [0.25, 0.3) is 0 Å². The van der Waals surface area contributed by atoms with Gasteiger partial charge in [0.15, 0.2) is 0 Å². The van der Waals surface area contributed by atoms with Crippen LogP contribution in [-0.2, 0) is 19.0 Å². The number of thioether (sulfide) groups is 1. The maximum absolute atomic E-state index is 11.6. The van der Waals surface area contributed by atoms with Crippen LogP contribution in [0.3, 0.4) is 0 Å². The highest BCUT2D eigenvalue weighted by Gasteiger charge is 2.09. The largest absolute Gasteiger partial charge is 0.379 e. The lowest BCUT2D eigenvalue weighted by Gasteiger charge is -2.15. The Bertz CT molecular complexity index is 512. The Labute approximate surface area is 180 Å². The van der Waals surface area contributed by atoms with Crippen molar-refractivity contribution in [3.63, 3.8) is 0 Å². The molecular formula is C21H37N3O4S. The zero-order valence-electron chi connectivity index (χ0n) is 18.3. The van der Waals surface area contributed by atoms with Crippen LogP contribution >= 0.6 is 11.8 Å². The van der Waals surface area contributed by atoms with Crippen molar-refractivity contribution in [2.45, 2.75) is 58.4 Å². The minimum absolute atomic E-state index is 0.0676. The Balaban J connectivity index is 3.55. The molecule has 1 atom stereocenters. The van der Waals surface area contributed by atoms with Crippen molar-refractivity contribution in [2.75, 3.05) is 46.1 Å². The first kappa shape index (κ1) is 27.7. The standard InChI is InChI=1S/C21H37N3O4S/c1-18(2)7-5-11-24-20(25)9-12-26-13-14-27-15-16-28-21(29-17-22)8-6-10-23-19(3)4/h18-19,21,23H,6,8-16H2,1-4H3,(H,24,25)/t21-/m0/s1. The zero-order chi connectivity index (χ0) is 21.7. The summed E-state index contributed by atoms with van der Waals surface area (Å²) >= 11 is 1.15. The number of thiocyanates is 1. The Morgan fingerprint density at radius 2 is 1.76 bits per heavy atom. The number of hydrogen-bond acceptors (Lipinski definition) is 7. The molecule has 0 bridgehead atoms. The molecule has 7 nitrogen and oxygen atoms in total. The molecular weight excluding hydrogens is 390 g/mol. The summed E-state index contributed by atoms with van der Waals surface area (Å²) in [5.74, 6) is 6.13. The molecule has 0 aromatic rings. The normalized spacial score (nSPS) is 11.8. The van der Waals surface area contributed by atoms with Gasteiger partial charge in [0.1, 0.15) is 10.8 Å². The third-order valence-corrected chi connectivity index (χ3v) is 4.23. The number of nitrogens with zero attached hydrogens (tertiary/aromatic N) is 1. The van der Waals surface area contributed by atoms with E-state index in [1.54, 1.807) is 0 Å². The fraction of sp³-hybridized carbons (Fsp3) is 0.810. The summed E-state index contributed by atoms with van der Waals surface area (Å²) in [6, 6.07) is 0.465. The van der Waals surface area contributed by atoms with Gasteiger partial charge in [-0.1, -0.05) is 39.5 Å². The second-order valence-corrected chi connectivity index (χ2v) is 7.93. The molecule has 0 unspecified atom stereocenters. The SMILES string of the molecule is CC(C)C#CCNC(=O)CCOCCOCCO[C@H](CCCNC(C)C)SC#N. The number of ether oxygens (including phenoxy) is 3. The van der Waals surface area contributed by atoms with Crippen molar-refractivity contribution in [1.29, 1.82) is 5.26 Å². The topological polar surface area (TPSA) is 92.6 Å². The van der Waals surface area contributed by atoms with Crippen molar-refractivity contribution >= 4 is 17.7 Å². The van der Waals surface area contributed by atoms with E-state index in [9.17, 15) is 4.79 Å². The molecule has 29 heavy (non-hydrogen) atoms. The molecule has 0 spiro atoms. The second kappa shape index (κ2) is 20.0. The Hall–Kier alpha value is -1.29. The van der Waals surface area contributed by atoms with E-state index in [4.69, 9.17) is 19.5 Å². The smallest absolute Gasteiger partial charge is 0.223 e. The Kier molecular flexibility index (Phi) is 19.1. The molecule has 0 aliphatic rings. The predicted molar refractivity (Wildman–Crippen MR) is 117 cm³/mol. The first-order valence-electron chi connectivity index (χ1n) is 10.3. The first-order chi connectivity index (χ1) is 14.0. The van der Waals surface area contributed by atoms with Gasteiger partial charge >= 0.3 is 0 Å². The van der Waals surface area contributed by atoms with E-state index in [2.05, 4.69) is 41.7 Å². The van der Waals surface area contributed by atoms with E-state index in [1.165, 1.54) is 0 Å². The highest BCUT2D eigenvalue weighted by atomic mass is 32.2. The van der Waals surface area contributed by atoms with Gasteiger partial charge in [-0.2, -0.15) is 5.26 Å². The number of hydrogen-bond donors (Lipinski definition) is 2. The van der Waals surface area contributed by atoms with Crippen LogP contribution in [0.15, 0.2) is 0 Å². The number of carbonyl (C=O) groups is 1. The lowest BCUT2D eigenvalue weighted by Crippen LogP contribution is -2.25. The van der Waals surface area contributed by atoms with E-state index in [0.717, 1.165) is 31.1 Å². The first-order valence-corrected chi connectivity index (χ1v) is 11.1. The minimum Gasteiger partial charge on any atom is -0.379 e. The third kappa shape index (κ3) is 21.2. The molecule has 0 aromatic heterocycles. The molecule has 2 N–H and O–H groups in total. The Morgan fingerprint density at radius 3 is 2.41 bits per heavy atom. The molecule has 0 aromatic carbocycles. The van der Waals surface area contributed by atoms with Crippen LogP contribution in [0, 0.1) is 28.4 Å². The van der Waals surface area contributed by atoms with Crippen molar-refractivity contribution < 1.29 is 19.0 Å². The predicted octanol–water partition coefficient (Wildman–Crippen LogP) is 2.52. The van der Waals surface area contributed by atoms with E-state index < -0.39 is 0 Å². The number of carbonyl (C=O) groups excluding carboxylic acids is 1. The molecule has 0 saturated carbocycles. The quantitative estimate of drug-likeness (QED) is 0.159. The summed E-state index contributed by atoms with van der Waals surface area (Å²) in [6.45, 7) is 11.6. The van der Waals surface area contributed by atoms with E-state index >= 15 is 0 Å². The third-order valence-electron chi connectivity index (χ3n) is 3.49. The van der Waals surface area contributed by atoms with Crippen LogP contribution in [0.2, 0.25) is 0 Å². The van der Waals surface area contributed by atoms with Gasteiger partial charge in [0.2, 0.25) is 5.91 Å². The van der Waals surface area contributed by atoms with Crippen molar-refractivity contribution in [3.8, 4) is 17.2 Å². The van der Waals surface area contributed by atoms with Gasteiger partial charge in [-0.3, -0.25) is 4.79 Å². The average molecular weight is 428 g/mol. The van der Waals surface area contributed by atoms with Crippen molar-refractivity contribution in [2.24, 2.45) is 5.92 Å². The number of amides is 1. The lowest BCUT2D eigenvalue weighted by molar-refractivity contribution is -0.122. The van der Waals surface area contributed by atoms with Crippen molar-refractivity contribution in [1.82, 2.24) is 10.6 Å². The van der Waals surface area contributed by atoms with E-state index in [-0.39, 0.29) is 11.3 Å². The van der Waals surface area contributed by atoms with Gasteiger partial charge in [0, 0.05) is 18.4 Å². The van der Waals surface area contributed by atoms with Gasteiger partial charge in [-0.25, -0.2) is 0 Å². The summed E-state index contributed by atoms with van der Waals surface area (Å²) in [5.41, 5.74) is -0.127. The zero-order valence-corrected chi connectivity index (χ0v) is 19.1. The molecule has 0 rings (SSSR count). The van der Waals surface area contributed by atoms with Gasteiger partial charge in [0.25, 0.3) is 0 Å². The van der Waals surface area contributed by atoms with Crippen LogP contribution in [-0.4, -0.2) is 63.5 Å². The number of rotatable bonds is 17. The van der Waals surface area contributed by atoms with E-state index in [0.29, 0.717) is 58.0 Å². The maximum atomic E-state index is 11.6. The highest BCUT2D eigenvalue weighted by molar-refractivity contribution is 8.04. The summed E-state index contributed by atoms with van der Waals surface area (Å²) in [7, 11) is 0. The monoisotopic (exact) mass is 427 g/mol. The van der Waals surface area contributed by atoms with Crippen LogP contribution < -0.4 is 10.6 Å².